The Hall–Kier alpha value is -2.58. The summed E-state index contributed by atoms with van der Waals surface area (Å²) in [4.78, 5) is 17.0. The van der Waals surface area contributed by atoms with Crippen molar-refractivity contribution in [2.75, 3.05) is 42.3 Å². The topological polar surface area (TPSA) is 90.0 Å². The van der Waals surface area contributed by atoms with Crippen molar-refractivity contribution >= 4 is 27.4 Å². The summed E-state index contributed by atoms with van der Waals surface area (Å²) in [5.74, 6) is -0.384. The number of carboxylic acids is 1. The normalized spacial score (nSPS) is 17.9. The largest absolute Gasteiger partial charge is 0.478 e. The Kier molecular flexibility index (Phi) is 8.02. The van der Waals surface area contributed by atoms with Crippen molar-refractivity contribution in [3.8, 4) is 0 Å². The second-order valence-electron chi connectivity index (χ2n) is 10.1. The van der Waals surface area contributed by atoms with Gasteiger partial charge in [0.25, 0.3) is 10.0 Å². The highest BCUT2D eigenvalue weighted by Gasteiger charge is 2.25. The van der Waals surface area contributed by atoms with Crippen LogP contribution in [-0.4, -0.2) is 57.1 Å². The predicted molar refractivity (Wildman–Crippen MR) is 140 cm³/mol. The van der Waals surface area contributed by atoms with Gasteiger partial charge in [0.2, 0.25) is 0 Å². The summed E-state index contributed by atoms with van der Waals surface area (Å²) in [5.41, 5.74) is 2.73. The zero-order valence-corrected chi connectivity index (χ0v) is 21.6. The highest BCUT2D eigenvalue weighted by Crippen LogP contribution is 2.31. The van der Waals surface area contributed by atoms with E-state index in [1.807, 2.05) is 19.9 Å². The zero-order chi connectivity index (χ0) is 25.0. The molecule has 0 aliphatic carbocycles. The molecule has 2 heterocycles. The van der Waals surface area contributed by atoms with Crippen LogP contribution in [0.1, 0.15) is 60.0 Å². The number of nitrogens with zero attached hydrogens (tertiary/aromatic N) is 2. The summed E-state index contributed by atoms with van der Waals surface area (Å²) in [6, 6.07) is 9.95. The molecule has 4 rings (SSSR count). The molecule has 7 nitrogen and oxygen atoms in total. The number of anilines is 2. The van der Waals surface area contributed by atoms with Gasteiger partial charge in [0.15, 0.2) is 0 Å². The molecule has 0 aromatic heterocycles. The summed E-state index contributed by atoms with van der Waals surface area (Å²) in [6.07, 6.45) is 7.29. The standard InChI is InChI=1S/C27H37N3O4S/c1-20-16-21(2)18-24(17-20)35(33,34)28-23-6-7-26(25(19-23)27(31)32)30-14-9-22(10-15-30)8-13-29-11-4-3-5-12-29/h6-7,16-19,22,28H,3-5,8-15H2,1-2H3,(H,31,32). The number of carboxylic acid groups (broad SMARTS) is 1. The van der Waals surface area contributed by atoms with Crippen molar-refractivity contribution in [2.45, 2.75) is 57.3 Å². The van der Waals surface area contributed by atoms with Crippen LogP contribution in [0.3, 0.4) is 0 Å². The van der Waals surface area contributed by atoms with E-state index in [0.717, 1.165) is 37.1 Å². The molecule has 0 amide bonds. The Morgan fingerprint density at radius 1 is 0.971 bits per heavy atom. The summed E-state index contributed by atoms with van der Waals surface area (Å²) >= 11 is 0. The molecule has 0 saturated carbocycles. The maximum absolute atomic E-state index is 12.9. The van der Waals surface area contributed by atoms with Crippen molar-refractivity contribution in [2.24, 2.45) is 5.92 Å². The van der Waals surface area contributed by atoms with E-state index in [4.69, 9.17) is 0 Å². The van der Waals surface area contributed by atoms with Gasteiger partial charge in [-0.1, -0.05) is 12.5 Å². The molecular formula is C27H37N3O4S. The summed E-state index contributed by atoms with van der Waals surface area (Å²) in [5, 5.41) is 9.88. The van der Waals surface area contributed by atoms with E-state index >= 15 is 0 Å². The lowest BCUT2D eigenvalue weighted by atomic mass is 9.92. The molecule has 190 valence electrons. The second-order valence-corrected chi connectivity index (χ2v) is 11.8. The third-order valence-corrected chi connectivity index (χ3v) is 8.60. The molecule has 2 aromatic carbocycles. The molecule has 2 aliphatic heterocycles. The van der Waals surface area contributed by atoms with Crippen LogP contribution < -0.4 is 9.62 Å². The molecule has 0 bridgehead atoms. The lowest BCUT2D eigenvalue weighted by molar-refractivity contribution is 0.0697. The van der Waals surface area contributed by atoms with Crippen LogP contribution in [0.15, 0.2) is 41.3 Å². The number of benzene rings is 2. The number of likely N-dealkylation sites (tertiary alicyclic amines) is 1. The number of aryl methyl sites for hydroxylation is 2. The fourth-order valence-electron chi connectivity index (χ4n) is 5.36. The number of aromatic carboxylic acids is 1. The van der Waals surface area contributed by atoms with E-state index in [1.165, 1.54) is 51.4 Å². The Bertz CT molecular complexity index is 1130. The van der Waals surface area contributed by atoms with Crippen LogP contribution in [0, 0.1) is 19.8 Å². The summed E-state index contributed by atoms with van der Waals surface area (Å²) in [6.45, 7) is 8.94. The molecule has 8 heteroatoms. The molecule has 2 aliphatic rings. The van der Waals surface area contributed by atoms with E-state index in [-0.39, 0.29) is 16.1 Å². The first kappa shape index (κ1) is 25.5. The van der Waals surface area contributed by atoms with Gasteiger partial charge >= 0.3 is 5.97 Å². The van der Waals surface area contributed by atoms with Gasteiger partial charge in [-0.05, 0) is 113 Å². The fourth-order valence-corrected chi connectivity index (χ4v) is 6.60. The minimum Gasteiger partial charge on any atom is -0.478 e. The molecule has 2 fully saturated rings. The maximum Gasteiger partial charge on any atom is 0.337 e. The quantitative estimate of drug-likeness (QED) is 0.537. The number of nitrogens with one attached hydrogen (secondary N) is 1. The first-order valence-corrected chi connectivity index (χ1v) is 14.2. The van der Waals surface area contributed by atoms with E-state index < -0.39 is 16.0 Å². The zero-order valence-electron chi connectivity index (χ0n) is 20.8. The SMILES string of the molecule is Cc1cc(C)cc(S(=O)(=O)Nc2ccc(N3CCC(CCN4CCCCC4)CC3)c(C(=O)O)c2)c1. The Balaban J connectivity index is 1.42. The lowest BCUT2D eigenvalue weighted by Crippen LogP contribution is -2.37. The molecule has 0 atom stereocenters. The smallest absolute Gasteiger partial charge is 0.337 e. The Labute approximate surface area is 209 Å². The van der Waals surface area contributed by atoms with E-state index in [1.54, 1.807) is 24.3 Å². The fraction of sp³-hybridized carbons (Fsp3) is 0.519. The Morgan fingerprint density at radius 3 is 2.26 bits per heavy atom. The first-order valence-electron chi connectivity index (χ1n) is 12.7. The number of piperidine rings is 2. The number of rotatable bonds is 8. The molecule has 0 spiro atoms. The van der Waals surface area contributed by atoms with Gasteiger partial charge in [-0.25, -0.2) is 13.2 Å². The molecule has 35 heavy (non-hydrogen) atoms. The number of hydrogen-bond donors (Lipinski definition) is 2. The average molecular weight is 500 g/mol. The second kappa shape index (κ2) is 11.0. The molecule has 0 radical (unpaired) electrons. The van der Waals surface area contributed by atoms with Gasteiger partial charge in [-0.2, -0.15) is 0 Å². The van der Waals surface area contributed by atoms with Crippen LogP contribution in [0.4, 0.5) is 11.4 Å². The van der Waals surface area contributed by atoms with E-state index in [0.29, 0.717) is 11.6 Å². The van der Waals surface area contributed by atoms with Gasteiger partial charge in [-0.3, -0.25) is 4.72 Å². The van der Waals surface area contributed by atoms with Crippen molar-refractivity contribution in [1.29, 1.82) is 0 Å². The molecular weight excluding hydrogens is 462 g/mol. The third-order valence-electron chi connectivity index (χ3n) is 7.24. The van der Waals surface area contributed by atoms with Crippen LogP contribution in [0.2, 0.25) is 0 Å². The van der Waals surface area contributed by atoms with Crippen LogP contribution in [-0.2, 0) is 10.0 Å². The molecule has 0 unspecified atom stereocenters. The number of sulfonamides is 1. The average Bonchev–Trinajstić information content (AvgIpc) is 2.83. The van der Waals surface area contributed by atoms with Gasteiger partial charge < -0.3 is 14.9 Å². The minimum absolute atomic E-state index is 0.123. The number of carbonyl (C=O) groups is 1. The van der Waals surface area contributed by atoms with Crippen LogP contribution in [0.5, 0.6) is 0 Å². The number of hydrogen-bond acceptors (Lipinski definition) is 5. The summed E-state index contributed by atoms with van der Waals surface area (Å²) < 4.78 is 28.4. The monoisotopic (exact) mass is 499 g/mol. The first-order chi connectivity index (χ1) is 16.7. The highest BCUT2D eigenvalue weighted by molar-refractivity contribution is 7.92. The van der Waals surface area contributed by atoms with Gasteiger partial charge in [-0.15, -0.1) is 0 Å². The van der Waals surface area contributed by atoms with Crippen LogP contribution >= 0.6 is 0 Å². The van der Waals surface area contributed by atoms with Crippen LogP contribution in [0.25, 0.3) is 0 Å². The van der Waals surface area contributed by atoms with Gasteiger partial charge in [0, 0.05) is 18.8 Å². The lowest BCUT2D eigenvalue weighted by Gasteiger charge is -2.35. The molecule has 2 aromatic rings. The minimum atomic E-state index is -3.82. The van der Waals surface area contributed by atoms with Gasteiger partial charge in [0.1, 0.15) is 0 Å². The van der Waals surface area contributed by atoms with Crippen molar-refractivity contribution in [1.82, 2.24) is 4.90 Å². The predicted octanol–water partition coefficient (Wildman–Crippen LogP) is 4.89. The Morgan fingerprint density at radius 2 is 1.63 bits per heavy atom. The van der Waals surface area contributed by atoms with E-state index in [9.17, 15) is 18.3 Å². The van der Waals surface area contributed by atoms with Crippen molar-refractivity contribution in [3.05, 3.63) is 53.1 Å². The highest BCUT2D eigenvalue weighted by atomic mass is 32.2. The maximum atomic E-state index is 12.9. The molecule has 2 saturated heterocycles. The van der Waals surface area contributed by atoms with Gasteiger partial charge in [0.05, 0.1) is 16.1 Å². The van der Waals surface area contributed by atoms with E-state index in [2.05, 4.69) is 14.5 Å². The molecule has 2 N–H and O–H groups in total. The van der Waals surface area contributed by atoms with Crippen molar-refractivity contribution < 1.29 is 18.3 Å². The van der Waals surface area contributed by atoms with Crippen molar-refractivity contribution in [3.63, 3.8) is 0 Å². The third kappa shape index (κ3) is 6.55. The summed E-state index contributed by atoms with van der Waals surface area (Å²) in [7, 11) is -3.82.